The second kappa shape index (κ2) is 2.62. The lowest BCUT2D eigenvalue weighted by molar-refractivity contribution is 0.224. The molecule has 57 valence electrons. The smallest absolute Gasteiger partial charge is 0.179 e. The highest BCUT2D eigenvalue weighted by molar-refractivity contribution is 6.32. The quantitative estimate of drug-likeness (QED) is 0.593. The first-order valence-electron chi connectivity index (χ1n) is 3.27. The zero-order valence-corrected chi connectivity index (χ0v) is 6.47. The molecule has 1 aromatic carbocycles. The molecular formula is C8H6ClO2. The molecule has 2 rings (SSSR count). The van der Waals surface area contributed by atoms with E-state index in [2.05, 4.69) is 0 Å². The standard InChI is InChI=1S/C8H6ClO2/c9-6-2-1-3-7-8(6)11-5-4-10-7/h1-4H,5H2. The van der Waals surface area contributed by atoms with E-state index in [9.17, 15) is 0 Å². The van der Waals surface area contributed by atoms with E-state index in [4.69, 9.17) is 21.1 Å². The van der Waals surface area contributed by atoms with Crippen LogP contribution in [0.15, 0.2) is 18.2 Å². The lowest BCUT2D eigenvalue weighted by Crippen LogP contribution is -2.10. The number of halogens is 1. The zero-order valence-electron chi connectivity index (χ0n) is 5.71. The van der Waals surface area contributed by atoms with E-state index in [1.165, 1.54) is 0 Å². The normalized spacial score (nSPS) is 14.6. The van der Waals surface area contributed by atoms with Gasteiger partial charge in [0.1, 0.15) is 6.61 Å². The number of para-hydroxylation sites is 1. The second-order valence-electron chi connectivity index (χ2n) is 2.16. The average molecular weight is 170 g/mol. The molecule has 1 aliphatic rings. The summed E-state index contributed by atoms with van der Waals surface area (Å²) in [7, 11) is 0. The van der Waals surface area contributed by atoms with Crippen LogP contribution in [0, 0.1) is 6.61 Å². The van der Waals surface area contributed by atoms with Gasteiger partial charge in [-0.3, -0.25) is 0 Å². The Balaban J connectivity index is 2.49. The molecule has 3 heteroatoms. The Morgan fingerprint density at radius 2 is 2.27 bits per heavy atom. The van der Waals surface area contributed by atoms with Crippen molar-refractivity contribution in [3.05, 3.63) is 29.8 Å². The molecule has 0 saturated heterocycles. The van der Waals surface area contributed by atoms with Crippen molar-refractivity contribution < 1.29 is 9.47 Å². The highest BCUT2D eigenvalue weighted by Gasteiger charge is 2.13. The van der Waals surface area contributed by atoms with E-state index in [1.807, 2.05) is 12.1 Å². The summed E-state index contributed by atoms with van der Waals surface area (Å²) in [6.45, 7) is 2.05. The first-order chi connectivity index (χ1) is 5.38. The molecule has 1 aliphatic heterocycles. The van der Waals surface area contributed by atoms with Crippen LogP contribution in [0.2, 0.25) is 5.02 Å². The molecule has 11 heavy (non-hydrogen) atoms. The lowest BCUT2D eigenvalue weighted by Gasteiger charge is -2.17. The Kier molecular flexibility index (Phi) is 1.62. The van der Waals surface area contributed by atoms with Crippen LogP contribution < -0.4 is 9.47 Å². The van der Waals surface area contributed by atoms with Crippen molar-refractivity contribution in [3.8, 4) is 11.5 Å². The lowest BCUT2D eigenvalue weighted by atomic mass is 10.3. The van der Waals surface area contributed by atoms with Gasteiger partial charge in [-0.25, -0.2) is 0 Å². The van der Waals surface area contributed by atoms with Crippen LogP contribution in [0.1, 0.15) is 0 Å². The van der Waals surface area contributed by atoms with Gasteiger partial charge in [0.15, 0.2) is 18.1 Å². The summed E-state index contributed by atoms with van der Waals surface area (Å²) >= 11 is 5.82. The number of rotatable bonds is 0. The molecule has 0 spiro atoms. The summed E-state index contributed by atoms with van der Waals surface area (Å²) in [5.41, 5.74) is 0. The minimum absolute atomic E-state index is 0.455. The van der Waals surface area contributed by atoms with Crippen molar-refractivity contribution in [1.82, 2.24) is 0 Å². The molecule has 0 aliphatic carbocycles. The minimum Gasteiger partial charge on any atom is -0.484 e. The van der Waals surface area contributed by atoms with Crippen LogP contribution in [0.5, 0.6) is 11.5 Å². The molecule has 0 unspecified atom stereocenters. The van der Waals surface area contributed by atoms with Gasteiger partial charge in [-0.2, -0.15) is 0 Å². The first-order valence-corrected chi connectivity index (χ1v) is 3.65. The molecule has 0 fully saturated rings. The molecule has 0 bridgehead atoms. The molecule has 0 amide bonds. The van der Waals surface area contributed by atoms with E-state index >= 15 is 0 Å². The third kappa shape index (κ3) is 1.14. The summed E-state index contributed by atoms with van der Waals surface area (Å²) < 4.78 is 10.4. The molecule has 0 N–H and O–H groups in total. The Labute approximate surface area is 69.7 Å². The fraction of sp³-hybridized carbons (Fsp3) is 0.125. The number of hydrogen-bond acceptors (Lipinski definition) is 2. The number of fused-ring (bicyclic) bond motifs is 1. The minimum atomic E-state index is 0.455. The van der Waals surface area contributed by atoms with Crippen molar-refractivity contribution in [3.63, 3.8) is 0 Å². The van der Waals surface area contributed by atoms with E-state index in [0.717, 1.165) is 0 Å². The fourth-order valence-electron chi connectivity index (χ4n) is 0.963. The molecule has 0 saturated carbocycles. The van der Waals surface area contributed by atoms with Gasteiger partial charge < -0.3 is 9.47 Å². The predicted molar refractivity (Wildman–Crippen MR) is 41.9 cm³/mol. The van der Waals surface area contributed by atoms with Gasteiger partial charge in [0.25, 0.3) is 0 Å². The second-order valence-corrected chi connectivity index (χ2v) is 2.57. The largest absolute Gasteiger partial charge is 0.484 e. The van der Waals surface area contributed by atoms with Crippen LogP contribution >= 0.6 is 11.6 Å². The Hall–Kier alpha value is -0.890. The van der Waals surface area contributed by atoms with Crippen LogP contribution in [0.4, 0.5) is 0 Å². The molecular weight excluding hydrogens is 164 g/mol. The maximum atomic E-state index is 5.82. The maximum absolute atomic E-state index is 5.82. The summed E-state index contributed by atoms with van der Waals surface area (Å²) in [4.78, 5) is 0. The molecule has 1 radical (unpaired) electrons. The van der Waals surface area contributed by atoms with E-state index in [0.29, 0.717) is 23.1 Å². The van der Waals surface area contributed by atoms with Gasteiger partial charge in [0, 0.05) is 0 Å². The highest BCUT2D eigenvalue weighted by Crippen LogP contribution is 2.37. The summed E-state index contributed by atoms with van der Waals surface area (Å²) in [5.74, 6) is 1.32. The van der Waals surface area contributed by atoms with Crippen LogP contribution in [0.3, 0.4) is 0 Å². The van der Waals surface area contributed by atoms with Crippen LogP contribution in [0.25, 0.3) is 0 Å². The topological polar surface area (TPSA) is 18.5 Å². The van der Waals surface area contributed by atoms with E-state index in [1.54, 1.807) is 12.7 Å². The highest BCUT2D eigenvalue weighted by atomic mass is 35.5. The van der Waals surface area contributed by atoms with E-state index < -0.39 is 0 Å². The summed E-state index contributed by atoms with van der Waals surface area (Å²) in [6, 6.07) is 5.41. The van der Waals surface area contributed by atoms with Gasteiger partial charge in [-0.05, 0) is 12.1 Å². The molecule has 0 aromatic heterocycles. The van der Waals surface area contributed by atoms with Crippen molar-refractivity contribution in [2.75, 3.05) is 6.61 Å². The van der Waals surface area contributed by atoms with Crippen molar-refractivity contribution in [1.29, 1.82) is 0 Å². The van der Waals surface area contributed by atoms with Gasteiger partial charge >= 0.3 is 0 Å². The van der Waals surface area contributed by atoms with Crippen LogP contribution in [-0.2, 0) is 0 Å². The Bertz CT molecular complexity index is 273. The molecule has 1 heterocycles. The monoisotopic (exact) mass is 169 g/mol. The van der Waals surface area contributed by atoms with Gasteiger partial charge in [-0.15, -0.1) is 0 Å². The number of hydrogen-bond donors (Lipinski definition) is 0. The van der Waals surface area contributed by atoms with Gasteiger partial charge in [-0.1, -0.05) is 17.7 Å². The third-order valence-electron chi connectivity index (χ3n) is 1.44. The first kappa shape index (κ1) is 6.80. The average Bonchev–Trinajstić information content (AvgIpc) is 2.06. The van der Waals surface area contributed by atoms with Crippen molar-refractivity contribution in [2.24, 2.45) is 0 Å². The van der Waals surface area contributed by atoms with E-state index in [-0.39, 0.29) is 0 Å². The number of benzene rings is 1. The maximum Gasteiger partial charge on any atom is 0.179 e. The Morgan fingerprint density at radius 3 is 3.09 bits per heavy atom. The fourth-order valence-corrected chi connectivity index (χ4v) is 1.18. The number of ether oxygens (including phenoxy) is 2. The molecule has 2 nitrogen and oxygen atoms in total. The zero-order chi connectivity index (χ0) is 7.68. The predicted octanol–water partition coefficient (Wildman–Crippen LogP) is 2.27. The Morgan fingerprint density at radius 1 is 1.36 bits per heavy atom. The SMILES string of the molecule is Clc1cccc2c1OC[CH]O2. The van der Waals surface area contributed by atoms with Crippen LogP contribution in [-0.4, -0.2) is 6.61 Å². The third-order valence-corrected chi connectivity index (χ3v) is 1.73. The molecule has 0 atom stereocenters. The summed E-state index contributed by atoms with van der Waals surface area (Å²) in [6.07, 6.45) is 0. The molecule has 1 aromatic rings. The van der Waals surface area contributed by atoms with Crippen molar-refractivity contribution >= 4 is 11.6 Å². The van der Waals surface area contributed by atoms with Crippen molar-refractivity contribution in [2.45, 2.75) is 0 Å². The summed E-state index contributed by atoms with van der Waals surface area (Å²) in [5, 5.41) is 0.593. The van der Waals surface area contributed by atoms with Gasteiger partial charge in [0.2, 0.25) is 0 Å². The van der Waals surface area contributed by atoms with Gasteiger partial charge in [0.05, 0.1) is 5.02 Å².